The molecule has 2 heterocycles. The number of para-hydroxylation sites is 2. The Morgan fingerprint density at radius 1 is 0.848 bits per heavy atom. The summed E-state index contributed by atoms with van der Waals surface area (Å²) >= 11 is 0. The van der Waals surface area contributed by atoms with E-state index in [1.807, 2.05) is 30.3 Å². The zero-order valence-corrected chi connectivity index (χ0v) is 18.3. The van der Waals surface area contributed by atoms with Crippen LogP contribution in [0.4, 0.5) is 5.69 Å². The molecule has 0 unspecified atom stereocenters. The number of hydrogen-bond acceptors (Lipinski definition) is 3. The number of carboxylic acid groups (broad SMARTS) is 2. The number of benzene rings is 2. The molecule has 33 heavy (non-hydrogen) atoms. The van der Waals surface area contributed by atoms with Crippen LogP contribution in [-0.4, -0.2) is 50.7 Å². The standard InChI is InChI=1S/C21H22N4.C4H4O4/c1-24-19-12-6-5-9-17(19)13-14-20(24)23-21(25-15-7-8-16-25)22-18-10-3-2-4-11-18;5-3(6)1-2-4(7)8/h2-6,9-14H,7-8,15-16H2,1H3;1-2H,(H,5,6)(H,7,8)/b;2-1+. The Hall–Kier alpha value is -4.20. The summed E-state index contributed by atoms with van der Waals surface area (Å²) in [6.07, 6.45) is 3.52. The Balaban J connectivity index is 0.000000331. The molecule has 0 atom stereocenters. The molecule has 0 amide bonds. The van der Waals surface area contributed by atoms with E-state index in [1.54, 1.807) is 0 Å². The number of aliphatic carboxylic acids is 2. The third-order valence-electron chi connectivity index (χ3n) is 5.01. The summed E-state index contributed by atoms with van der Waals surface area (Å²) < 4.78 is 2.13. The van der Waals surface area contributed by atoms with E-state index in [0.29, 0.717) is 12.2 Å². The van der Waals surface area contributed by atoms with Gasteiger partial charge in [0, 0.05) is 37.8 Å². The lowest BCUT2D eigenvalue weighted by atomic mass is 10.2. The summed E-state index contributed by atoms with van der Waals surface area (Å²) in [6.45, 7) is 2.04. The number of hydrogen-bond donors (Lipinski definition) is 2. The molecule has 1 saturated heterocycles. The van der Waals surface area contributed by atoms with Gasteiger partial charge in [-0.05, 0) is 48.6 Å². The molecular weight excluding hydrogens is 420 g/mol. The molecule has 0 saturated carbocycles. The third-order valence-corrected chi connectivity index (χ3v) is 5.01. The minimum absolute atomic E-state index is 0.558. The van der Waals surface area contributed by atoms with E-state index in [-0.39, 0.29) is 0 Å². The van der Waals surface area contributed by atoms with E-state index < -0.39 is 11.9 Å². The van der Waals surface area contributed by atoms with Gasteiger partial charge in [-0.1, -0.05) is 36.4 Å². The van der Waals surface area contributed by atoms with Crippen LogP contribution in [0.15, 0.2) is 88.9 Å². The van der Waals surface area contributed by atoms with Crippen LogP contribution >= 0.6 is 0 Å². The minimum Gasteiger partial charge on any atom is -0.478 e. The zero-order chi connectivity index (χ0) is 23.6. The molecular formula is C25H26N4O4. The first-order chi connectivity index (χ1) is 15.9. The Kier molecular flexibility index (Phi) is 8.13. The van der Waals surface area contributed by atoms with Crippen molar-refractivity contribution in [2.24, 2.45) is 17.0 Å². The van der Waals surface area contributed by atoms with Gasteiger partial charge in [0.2, 0.25) is 5.96 Å². The maximum Gasteiger partial charge on any atom is 0.328 e. The number of rotatable bonds is 3. The number of carboxylic acids is 2. The van der Waals surface area contributed by atoms with Crippen molar-refractivity contribution < 1.29 is 19.8 Å². The second-order valence-corrected chi connectivity index (χ2v) is 7.37. The van der Waals surface area contributed by atoms with E-state index in [9.17, 15) is 9.59 Å². The van der Waals surface area contributed by atoms with Crippen LogP contribution in [0.5, 0.6) is 0 Å². The van der Waals surface area contributed by atoms with Gasteiger partial charge in [0.1, 0.15) is 5.49 Å². The minimum atomic E-state index is -1.26. The van der Waals surface area contributed by atoms with Crippen molar-refractivity contribution in [3.8, 4) is 0 Å². The van der Waals surface area contributed by atoms with Crippen molar-refractivity contribution in [1.82, 2.24) is 9.47 Å². The second-order valence-electron chi connectivity index (χ2n) is 7.37. The van der Waals surface area contributed by atoms with Crippen molar-refractivity contribution in [2.75, 3.05) is 13.1 Å². The van der Waals surface area contributed by atoms with Crippen molar-refractivity contribution in [3.05, 3.63) is 84.4 Å². The van der Waals surface area contributed by atoms with Crippen LogP contribution in [-0.2, 0) is 16.6 Å². The first-order valence-electron chi connectivity index (χ1n) is 10.6. The number of likely N-dealkylation sites (tertiary alicyclic amines) is 1. The van der Waals surface area contributed by atoms with Gasteiger partial charge in [0.05, 0.1) is 5.69 Å². The maximum absolute atomic E-state index is 9.55. The Morgan fingerprint density at radius 2 is 1.45 bits per heavy atom. The molecule has 3 aromatic rings. The fraction of sp³-hybridized carbons (Fsp3) is 0.200. The number of aliphatic imine (C=N–C) groups is 1. The average molecular weight is 447 g/mol. The molecule has 1 fully saturated rings. The van der Waals surface area contributed by atoms with E-state index in [2.05, 4.69) is 52.9 Å². The molecule has 0 bridgehead atoms. The Morgan fingerprint density at radius 3 is 2.09 bits per heavy atom. The largest absolute Gasteiger partial charge is 0.478 e. The molecule has 8 heteroatoms. The van der Waals surface area contributed by atoms with E-state index in [1.165, 1.54) is 23.7 Å². The first-order valence-corrected chi connectivity index (χ1v) is 10.6. The average Bonchev–Trinajstić information content (AvgIpc) is 3.35. The highest BCUT2D eigenvalue weighted by Crippen LogP contribution is 2.15. The summed E-state index contributed by atoms with van der Waals surface area (Å²) in [5.41, 5.74) is 3.03. The van der Waals surface area contributed by atoms with E-state index in [0.717, 1.165) is 30.2 Å². The molecule has 0 aliphatic carbocycles. The molecule has 1 aliphatic rings. The smallest absolute Gasteiger partial charge is 0.328 e. The number of fused-ring (bicyclic) bond motifs is 1. The van der Waals surface area contributed by atoms with Gasteiger partial charge in [0.25, 0.3) is 0 Å². The highest BCUT2D eigenvalue weighted by atomic mass is 16.4. The van der Waals surface area contributed by atoms with Crippen molar-refractivity contribution in [3.63, 3.8) is 0 Å². The SMILES string of the molecule is Cn1c(=NC(=Nc2ccccc2)N2CCCC2)ccc2ccccc21.O=C(O)/C=C/C(=O)O. The molecule has 2 aromatic carbocycles. The molecule has 170 valence electrons. The van der Waals surface area contributed by atoms with E-state index >= 15 is 0 Å². The van der Waals surface area contributed by atoms with Crippen molar-refractivity contribution in [1.29, 1.82) is 0 Å². The highest BCUT2D eigenvalue weighted by Gasteiger charge is 2.16. The van der Waals surface area contributed by atoms with Gasteiger partial charge in [-0.2, -0.15) is 4.99 Å². The first kappa shape index (κ1) is 23.5. The highest BCUT2D eigenvalue weighted by molar-refractivity contribution is 5.89. The Bertz CT molecular complexity index is 1220. The molecule has 4 rings (SSSR count). The third kappa shape index (κ3) is 6.90. The van der Waals surface area contributed by atoms with Gasteiger partial charge >= 0.3 is 11.9 Å². The van der Waals surface area contributed by atoms with Gasteiger partial charge in [-0.25, -0.2) is 14.6 Å². The lowest BCUT2D eigenvalue weighted by Crippen LogP contribution is -2.30. The Labute approximate surface area is 191 Å². The summed E-state index contributed by atoms with van der Waals surface area (Å²) in [4.78, 5) is 31.1. The van der Waals surface area contributed by atoms with Crippen molar-refractivity contribution in [2.45, 2.75) is 12.8 Å². The molecule has 1 aromatic heterocycles. The number of aromatic nitrogens is 1. The van der Waals surface area contributed by atoms with Gasteiger partial charge < -0.3 is 19.7 Å². The van der Waals surface area contributed by atoms with Crippen LogP contribution in [0, 0.1) is 0 Å². The number of aryl methyl sites for hydroxylation is 1. The predicted octanol–water partition coefficient (Wildman–Crippen LogP) is 3.57. The van der Waals surface area contributed by atoms with Crippen molar-refractivity contribution >= 4 is 34.5 Å². The molecule has 0 spiro atoms. The van der Waals surface area contributed by atoms with E-state index in [4.69, 9.17) is 20.2 Å². The topological polar surface area (TPSA) is 107 Å². The lowest BCUT2D eigenvalue weighted by molar-refractivity contribution is -0.134. The molecule has 0 radical (unpaired) electrons. The van der Waals surface area contributed by atoms with Crippen LogP contribution in [0.3, 0.4) is 0 Å². The lowest BCUT2D eigenvalue weighted by Gasteiger charge is -2.16. The van der Waals surface area contributed by atoms with Gasteiger partial charge in [-0.3, -0.25) is 0 Å². The summed E-state index contributed by atoms with van der Waals surface area (Å²) in [6, 6.07) is 22.6. The van der Waals surface area contributed by atoms with Crippen LogP contribution < -0.4 is 5.49 Å². The number of guanidine groups is 1. The van der Waals surface area contributed by atoms with Crippen LogP contribution in [0.1, 0.15) is 12.8 Å². The second kappa shape index (κ2) is 11.4. The monoisotopic (exact) mass is 446 g/mol. The number of nitrogens with zero attached hydrogens (tertiary/aromatic N) is 4. The van der Waals surface area contributed by atoms with Crippen LogP contribution in [0.2, 0.25) is 0 Å². The number of carbonyl (C=O) groups is 2. The fourth-order valence-electron chi connectivity index (χ4n) is 3.39. The molecule has 2 N–H and O–H groups in total. The normalized spacial score (nSPS) is 14.4. The maximum atomic E-state index is 9.55. The summed E-state index contributed by atoms with van der Waals surface area (Å²) in [7, 11) is 2.06. The fourth-order valence-corrected chi connectivity index (χ4v) is 3.39. The quantitative estimate of drug-likeness (QED) is 0.363. The van der Waals surface area contributed by atoms with Gasteiger partial charge in [0.15, 0.2) is 0 Å². The zero-order valence-electron chi connectivity index (χ0n) is 18.3. The summed E-state index contributed by atoms with van der Waals surface area (Å²) in [5, 5.41) is 16.8. The summed E-state index contributed by atoms with van der Waals surface area (Å²) in [5.74, 6) is -1.71. The molecule has 8 nitrogen and oxygen atoms in total. The predicted molar refractivity (Wildman–Crippen MR) is 127 cm³/mol. The van der Waals surface area contributed by atoms with Gasteiger partial charge in [-0.15, -0.1) is 0 Å². The van der Waals surface area contributed by atoms with Crippen LogP contribution in [0.25, 0.3) is 10.9 Å². The molecule has 1 aliphatic heterocycles. The number of pyridine rings is 1.